The molecule has 1 aliphatic rings. The standard InChI is InChI=1S/C30H41N5S/c1-4-33-21-6-5-10-27(33)14-11-26-12-15-28(16-13-26)34-22-17-29(18-23-34)35(2,3)24-7-8-25-36-30-31-19-9-20-32-30/h5-6,9-16,19-21,29H,4,7-8,17-18,22-25H2,1-3H3/q+2. The van der Waals surface area contributed by atoms with Gasteiger partial charge in [0.1, 0.15) is 6.54 Å². The first-order chi connectivity index (χ1) is 17.5. The maximum Gasteiger partial charge on any atom is 0.205 e. The lowest BCUT2D eigenvalue weighted by molar-refractivity contribution is -0.916. The molecule has 0 unspecified atom stereocenters. The number of thioether (sulfide) groups is 1. The Balaban J connectivity index is 1.21. The monoisotopic (exact) mass is 503 g/mol. The van der Waals surface area contributed by atoms with Crippen LogP contribution in [0.5, 0.6) is 0 Å². The molecule has 6 heteroatoms. The Labute approximate surface area is 221 Å². The van der Waals surface area contributed by atoms with Gasteiger partial charge in [-0.15, -0.1) is 0 Å². The Morgan fingerprint density at radius 3 is 2.44 bits per heavy atom. The molecule has 0 spiro atoms. The lowest BCUT2D eigenvalue weighted by atomic mass is 10.00. The quantitative estimate of drug-likeness (QED) is 0.113. The molecule has 1 saturated heterocycles. The molecule has 1 fully saturated rings. The molecule has 5 nitrogen and oxygen atoms in total. The van der Waals surface area contributed by atoms with E-state index < -0.39 is 0 Å². The van der Waals surface area contributed by atoms with Gasteiger partial charge in [0.05, 0.1) is 26.7 Å². The molecule has 3 heterocycles. The van der Waals surface area contributed by atoms with Crippen molar-refractivity contribution < 1.29 is 9.05 Å². The molecule has 0 saturated carbocycles. The van der Waals surface area contributed by atoms with E-state index in [1.165, 1.54) is 49.2 Å². The molecule has 4 rings (SSSR count). The van der Waals surface area contributed by atoms with Gasteiger partial charge in [0.25, 0.3) is 0 Å². The average molecular weight is 504 g/mol. The minimum atomic E-state index is 0.740. The highest BCUT2D eigenvalue weighted by Gasteiger charge is 2.31. The third-order valence-electron chi connectivity index (χ3n) is 7.38. The fraction of sp³-hybridized carbons (Fsp3) is 0.433. The van der Waals surface area contributed by atoms with Gasteiger partial charge >= 0.3 is 0 Å². The second-order valence-corrected chi connectivity index (χ2v) is 11.2. The molecule has 0 aliphatic carbocycles. The molecule has 0 N–H and O–H groups in total. The minimum absolute atomic E-state index is 0.740. The number of aromatic nitrogens is 3. The van der Waals surface area contributed by atoms with E-state index in [9.17, 15) is 0 Å². The van der Waals surface area contributed by atoms with Crippen molar-refractivity contribution in [2.45, 2.75) is 50.4 Å². The second-order valence-electron chi connectivity index (χ2n) is 10.1. The van der Waals surface area contributed by atoms with Crippen LogP contribution in [0.15, 0.2) is 72.3 Å². The van der Waals surface area contributed by atoms with Gasteiger partial charge in [-0.25, -0.2) is 9.97 Å². The zero-order chi connectivity index (χ0) is 25.2. The minimum Gasteiger partial charge on any atom is -0.371 e. The number of quaternary nitrogens is 1. The van der Waals surface area contributed by atoms with Crippen molar-refractivity contribution in [2.24, 2.45) is 0 Å². The highest BCUT2D eigenvalue weighted by atomic mass is 32.2. The van der Waals surface area contributed by atoms with Crippen LogP contribution in [0.1, 0.15) is 43.9 Å². The van der Waals surface area contributed by atoms with Crippen LogP contribution in [0.25, 0.3) is 12.2 Å². The number of hydrogen-bond acceptors (Lipinski definition) is 4. The molecule has 0 bridgehead atoms. The third kappa shape index (κ3) is 7.40. The number of anilines is 1. The summed E-state index contributed by atoms with van der Waals surface area (Å²) < 4.78 is 3.38. The summed E-state index contributed by atoms with van der Waals surface area (Å²) in [7, 11) is 4.84. The molecule has 190 valence electrons. The Morgan fingerprint density at radius 1 is 0.972 bits per heavy atom. The first-order valence-electron chi connectivity index (χ1n) is 13.3. The summed E-state index contributed by atoms with van der Waals surface area (Å²) in [6.45, 7) is 6.68. The van der Waals surface area contributed by atoms with Crippen molar-refractivity contribution in [1.82, 2.24) is 9.97 Å². The van der Waals surface area contributed by atoms with E-state index in [2.05, 4.69) is 101 Å². The first-order valence-corrected chi connectivity index (χ1v) is 14.3. The Kier molecular flexibility index (Phi) is 9.54. The Hall–Kier alpha value is -2.70. The predicted molar refractivity (Wildman–Crippen MR) is 152 cm³/mol. The van der Waals surface area contributed by atoms with Crippen LogP contribution >= 0.6 is 11.8 Å². The van der Waals surface area contributed by atoms with Gasteiger partial charge in [-0.2, -0.15) is 4.57 Å². The molecule has 0 atom stereocenters. The van der Waals surface area contributed by atoms with E-state index >= 15 is 0 Å². The van der Waals surface area contributed by atoms with Crippen LogP contribution in [-0.4, -0.2) is 60.0 Å². The van der Waals surface area contributed by atoms with E-state index in [4.69, 9.17) is 0 Å². The molecule has 0 amide bonds. The molecule has 2 aromatic heterocycles. The number of piperidine rings is 1. The third-order valence-corrected chi connectivity index (χ3v) is 8.34. The molecule has 36 heavy (non-hydrogen) atoms. The number of hydrogen-bond donors (Lipinski definition) is 0. The summed E-state index contributed by atoms with van der Waals surface area (Å²) in [4.78, 5) is 11.2. The molecule has 0 radical (unpaired) electrons. The van der Waals surface area contributed by atoms with Crippen LogP contribution in [0.2, 0.25) is 0 Å². The van der Waals surface area contributed by atoms with E-state index in [1.807, 2.05) is 18.5 Å². The topological polar surface area (TPSA) is 32.9 Å². The van der Waals surface area contributed by atoms with Crippen LogP contribution in [-0.2, 0) is 6.54 Å². The van der Waals surface area contributed by atoms with Gasteiger partial charge in [-0.05, 0) is 55.7 Å². The van der Waals surface area contributed by atoms with Crippen molar-refractivity contribution in [3.63, 3.8) is 0 Å². The van der Waals surface area contributed by atoms with Crippen molar-refractivity contribution in [2.75, 3.05) is 44.4 Å². The van der Waals surface area contributed by atoms with Gasteiger partial charge in [0, 0.05) is 68.0 Å². The smallest absolute Gasteiger partial charge is 0.205 e. The van der Waals surface area contributed by atoms with Crippen LogP contribution in [0, 0.1) is 0 Å². The van der Waals surface area contributed by atoms with Crippen molar-refractivity contribution in [1.29, 1.82) is 0 Å². The van der Waals surface area contributed by atoms with E-state index in [-0.39, 0.29) is 0 Å². The van der Waals surface area contributed by atoms with Crippen molar-refractivity contribution >= 4 is 29.6 Å². The Bertz CT molecular complexity index is 1090. The normalized spacial score (nSPS) is 15.0. The summed E-state index contributed by atoms with van der Waals surface area (Å²) >= 11 is 1.77. The van der Waals surface area contributed by atoms with Crippen molar-refractivity contribution in [3.8, 4) is 0 Å². The lowest BCUT2D eigenvalue weighted by Crippen LogP contribution is -2.54. The van der Waals surface area contributed by atoms with E-state index in [1.54, 1.807) is 11.8 Å². The maximum atomic E-state index is 4.30. The molecule has 1 aromatic carbocycles. The number of rotatable bonds is 11. The molecule has 3 aromatic rings. The van der Waals surface area contributed by atoms with Crippen LogP contribution < -0.4 is 9.47 Å². The highest BCUT2D eigenvalue weighted by Crippen LogP contribution is 2.26. The summed E-state index contributed by atoms with van der Waals surface area (Å²) in [6.07, 6.45) is 15.2. The zero-order valence-electron chi connectivity index (χ0n) is 22.1. The first kappa shape index (κ1) is 26.4. The van der Waals surface area contributed by atoms with Gasteiger partial charge in [-0.3, -0.25) is 0 Å². The summed E-state index contributed by atoms with van der Waals surface area (Å²) in [6, 6.07) is 18.0. The second kappa shape index (κ2) is 13.0. The lowest BCUT2D eigenvalue weighted by Gasteiger charge is -2.43. The van der Waals surface area contributed by atoms with Gasteiger partial charge in [0.15, 0.2) is 11.4 Å². The molecule has 1 aliphatic heterocycles. The average Bonchev–Trinajstić information content (AvgIpc) is 2.93. The van der Waals surface area contributed by atoms with Gasteiger partial charge in [-0.1, -0.05) is 23.9 Å². The van der Waals surface area contributed by atoms with Gasteiger partial charge in [0.2, 0.25) is 5.69 Å². The summed E-state index contributed by atoms with van der Waals surface area (Å²) in [5, 5.41) is 0.892. The van der Waals surface area contributed by atoms with E-state index in [0.717, 1.165) is 41.1 Å². The summed E-state index contributed by atoms with van der Waals surface area (Å²) in [5.41, 5.74) is 3.82. The molecular weight excluding hydrogens is 462 g/mol. The number of benzene rings is 1. The van der Waals surface area contributed by atoms with Crippen LogP contribution in [0.3, 0.4) is 0 Å². The fourth-order valence-corrected chi connectivity index (χ4v) is 5.86. The predicted octanol–water partition coefficient (Wildman–Crippen LogP) is 5.57. The summed E-state index contributed by atoms with van der Waals surface area (Å²) in [5.74, 6) is 1.09. The number of pyridine rings is 1. The van der Waals surface area contributed by atoms with Gasteiger partial charge < -0.3 is 9.38 Å². The van der Waals surface area contributed by atoms with E-state index in [0.29, 0.717) is 0 Å². The zero-order valence-corrected chi connectivity index (χ0v) is 22.9. The maximum absolute atomic E-state index is 4.30. The SMILES string of the molecule is CC[n+]1ccccc1/C=C/c1ccc(N2CCC([N+](C)(C)CCCCSc3ncccn3)CC2)cc1. The number of unbranched alkanes of at least 4 members (excludes halogenated alkanes) is 1. The Morgan fingerprint density at radius 2 is 1.72 bits per heavy atom. The fourth-order valence-electron chi connectivity index (χ4n) is 5.06. The number of nitrogens with zero attached hydrogens (tertiary/aromatic N) is 5. The number of aryl methyl sites for hydroxylation is 1. The van der Waals surface area contributed by atoms with Crippen LogP contribution in [0.4, 0.5) is 5.69 Å². The van der Waals surface area contributed by atoms with Crippen molar-refractivity contribution in [3.05, 3.63) is 78.4 Å². The highest BCUT2D eigenvalue weighted by molar-refractivity contribution is 7.99. The molecular formula is C30H41N5S+2. The largest absolute Gasteiger partial charge is 0.371 e.